The first-order chi connectivity index (χ1) is 6.03. The van der Waals surface area contributed by atoms with E-state index >= 15 is 0 Å². The highest BCUT2D eigenvalue weighted by molar-refractivity contribution is 5.76. The molecule has 0 aromatic rings. The summed E-state index contributed by atoms with van der Waals surface area (Å²) in [7, 11) is 0. The molecule has 0 amide bonds. The summed E-state index contributed by atoms with van der Waals surface area (Å²) >= 11 is 0. The van der Waals surface area contributed by atoms with Crippen LogP contribution in [0.5, 0.6) is 0 Å². The van der Waals surface area contributed by atoms with Crippen LogP contribution in [0.1, 0.15) is 41.0 Å². The monoisotopic (exact) mass is 200 g/mol. The predicted octanol–water partition coefficient (Wildman–Crippen LogP) is 1.89. The summed E-state index contributed by atoms with van der Waals surface area (Å²) in [6.45, 7) is 9.86. The fourth-order valence-electron chi connectivity index (χ4n) is 2.33. The van der Waals surface area contributed by atoms with Gasteiger partial charge >= 0.3 is 5.97 Å². The van der Waals surface area contributed by atoms with Crippen molar-refractivity contribution in [2.45, 2.75) is 46.6 Å². The van der Waals surface area contributed by atoms with Gasteiger partial charge in [0.2, 0.25) is 0 Å². The molecule has 3 heteroatoms. The Hall–Kier alpha value is -0.570. The van der Waals surface area contributed by atoms with E-state index in [-0.39, 0.29) is 16.7 Å². The summed E-state index contributed by atoms with van der Waals surface area (Å²) < 4.78 is 0. The van der Waals surface area contributed by atoms with Crippen LogP contribution in [0.25, 0.3) is 0 Å². The average molecular weight is 200 g/mol. The molecule has 82 valence electrons. The Morgan fingerprint density at radius 1 is 1.29 bits per heavy atom. The second kappa shape index (κ2) is 2.72. The molecular weight excluding hydrogens is 180 g/mol. The molecule has 3 nitrogen and oxygen atoms in total. The summed E-state index contributed by atoms with van der Waals surface area (Å²) in [5, 5.41) is 18.5. The van der Waals surface area contributed by atoms with Crippen LogP contribution < -0.4 is 0 Å². The molecule has 0 aromatic carbocycles. The summed E-state index contributed by atoms with van der Waals surface area (Å²) in [4.78, 5) is 10.8. The van der Waals surface area contributed by atoms with E-state index in [1.165, 1.54) is 6.92 Å². The number of carboxylic acid groups (broad SMARTS) is 1. The molecule has 2 N–H and O–H groups in total. The van der Waals surface area contributed by atoms with Crippen molar-refractivity contribution < 1.29 is 15.0 Å². The molecule has 0 spiro atoms. The van der Waals surface area contributed by atoms with Crippen molar-refractivity contribution >= 4 is 5.97 Å². The molecule has 0 aliphatic heterocycles. The molecular formula is C11H20O3. The maximum atomic E-state index is 10.8. The maximum absolute atomic E-state index is 10.8. The Morgan fingerprint density at radius 3 is 1.86 bits per heavy atom. The lowest BCUT2D eigenvalue weighted by atomic mass is 9.95. The van der Waals surface area contributed by atoms with Crippen LogP contribution in [0.3, 0.4) is 0 Å². The summed E-state index contributed by atoms with van der Waals surface area (Å²) in [5.74, 6) is -0.850. The molecule has 1 rings (SSSR count). The number of hydrogen-bond acceptors (Lipinski definition) is 2. The average Bonchev–Trinajstić information content (AvgIpc) is 2.32. The number of rotatable bonds is 3. The van der Waals surface area contributed by atoms with E-state index in [1.807, 2.05) is 0 Å². The molecule has 14 heavy (non-hydrogen) atoms. The normalized spacial score (nSPS) is 28.1. The highest BCUT2D eigenvalue weighted by atomic mass is 16.4. The third-order valence-electron chi connectivity index (χ3n) is 4.38. The molecule has 0 radical (unpaired) electrons. The van der Waals surface area contributed by atoms with Gasteiger partial charge in [0.05, 0.1) is 0 Å². The molecule has 1 aliphatic carbocycles. The second-order valence-electron chi connectivity index (χ2n) is 5.78. The minimum Gasteiger partial charge on any atom is -0.479 e. The number of hydrogen-bond donors (Lipinski definition) is 2. The van der Waals surface area contributed by atoms with Crippen molar-refractivity contribution in [1.82, 2.24) is 0 Å². The van der Waals surface area contributed by atoms with Gasteiger partial charge in [-0.15, -0.1) is 0 Å². The van der Waals surface area contributed by atoms with Crippen molar-refractivity contribution in [1.29, 1.82) is 0 Å². The maximum Gasteiger partial charge on any atom is 0.335 e. The van der Waals surface area contributed by atoms with Gasteiger partial charge in [-0.2, -0.15) is 0 Å². The number of carbonyl (C=O) groups is 1. The third kappa shape index (κ3) is 1.44. The van der Waals surface area contributed by atoms with Gasteiger partial charge in [-0.3, -0.25) is 0 Å². The van der Waals surface area contributed by atoms with E-state index in [1.54, 1.807) is 0 Å². The largest absolute Gasteiger partial charge is 0.479 e. The molecule has 1 saturated carbocycles. The van der Waals surface area contributed by atoms with Crippen LogP contribution in [0.15, 0.2) is 0 Å². The van der Waals surface area contributed by atoms with Crippen LogP contribution in [-0.4, -0.2) is 21.8 Å². The first-order valence-electron chi connectivity index (χ1n) is 4.99. The zero-order chi connectivity index (χ0) is 11.4. The zero-order valence-corrected chi connectivity index (χ0v) is 9.59. The molecule has 0 saturated heterocycles. The van der Waals surface area contributed by atoms with Crippen molar-refractivity contribution in [2.24, 2.45) is 16.7 Å². The molecule has 0 heterocycles. The number of carboxylic acids is 1. The Labute approximate surface area is 85.1 Å². The van der Waals surface area contributed by atoms with Gasteiger partial charge in [0, 0.05) is 0 Å². The van der Waals surface area contributed by atoms with Crippen LogP contribution >= 0.6 is 0 Å². The van der Waals surface area contributed by atoms with Gasteiger partial charge < -0.3 is 10.2 Å². The van der Waals surface area contributed by atoms with Gasteiger partial charge in [-0.05, 0) is 30.1 Å². The second-order valence-corrected chi connectivity index (χ2v) is 5.78. The van der Waals surface area contributed by atoms with Gasteiger partial charge in [0.15, 0.2) is 5.60 Å². The molecule has 1 fully saturated rings. The lowest BCUT2D eigenvalue weighted by molar-refractivity contribution is -0.157. The van der Waals surface area contributed by atoms with Crippen molar-refractivity contribution in [3.05, 3.63) is 0 Å². The SMILES string of the molecule is CC(O)(CC1C(C)(C)C1(C)C)C(=O)O. The summed E-state index contributed by atoms with van der Waals surface area (Å²) in [5.41, 5.74) is -1.32. The minimum atomic E-state index is -1.59. The highest BCUT2D eigenvalue weighted by Crippen LogP contribution is 2.70. The highest BCUT2D eigenvalue weighted by Gasteiger charge is 2.65. The third-order valence-corrected chi connectivity index (χ3v) is 4.38. The quantitative estimate of drug-likeness (QED) is 0.731. The summed E-state index contributed by atoms with van der Waals surface area (Å²) in [6, 6.07) is 0. The van der Waals surface area contributed by atoms with E-state index in [0.717, 1.165) is 0 Å². The lowest BCUT2D eigenvalue weighted by Crippen LogP contribution is -2.36. The minimum absolute atomic E-state index is 0.131. The number of aliphatic carboxylic acids is 1. The van der Waals surface area contributed by atoms with Crippen LogP contribution in [0.2, 0.25) is 0 Å². The van der Waals surface area contributed by atoms with Gasteiger partial charge in [0.25, 0.3) is 0 Å². The first-order valence-corrected chi connectivity index (χ1v) is 4.99. The Balaban J connectivity index is 2.70. The van der Waals surface area contributed by atoms with Crippen LogP contribution in [0.4, 0.5) is 0 Å². The van der Waals surface area contributed by atoms with E-state index in [2.05, 4.69) is 27.7 Å². The van der Waals surface area contributed by atoms with Crippen LogP contribution in [-0.2, 0) is 4.79 Å². The Morgan fingerprint density at radius 2 is 1.64 bits per heavy atom. The van der Waals surface area contributed by atoms with Gasteiger partial charge in [-0.25, -0.2) is 4.79 Å². The molecule has 0 bridgehead atoms. The van der Waals surface area contributed by atoms with Gasteiger partial charge in [0.1, 0.15) is 0 Å². The fourth-order valence-corrected chi connectivity index (χ4v) is 2.33. The van der Waals surface area contributed by atoms with Crippen molar-refractivity contribution in [3.63, 3.8) is 0 Å². The van der Waals surface area contributed by atoms with Crippen molar-refractivity contribution in [2.75, 3.05) is 0 Å². The first kappa shape index (κ1) is 11.5. The smallest absolute Gasteiger partial charge is 0.335 e. The topological polar surface area (TPSA) is 57.5 Å². The van der Waals surface area contributed by atoms with E-state index in [9.17, 15) is 9.90 Å². The zero-order valence-electron chi connectivity index (χ0n) is 9.59. The van der Waals surface area contributed by atoms with E-state index in [4.69, 9.17) is 5.11 Å². The van der Waals surface area contributed by atoms with Crippen molar-refractivity contribution in [3.8, 4) is 0 Å². The predicted molar refractivity (Wildman–Crippen MR) is 53.9 cm³/mol. The number of aliphatic hydroxyl groups is 1. The van der Waals surface area contributed by atoms with Crippen LogP contribution in [0, 0.1) is 16.7 Å². The fraction of sp³-hybridized carbons (Fsp3) is 0.909. The lowest BCUT2D eigenvalue weighted by Gasteiger charge is -2.18. The standard InChI is InChI=1S/C11H20O3/c1-9(2)7(10(9,3)4)6-11(5,14)8(12)13/h7,14H,6H2,1-5H3,(H,12,13). The summed E-state index contributed by atoms with van der Waals surface area (Å²) in [6.07, 6.45) is 0.336. The molecule has 1 aliphatic rings. The Kier molecular flexibility index (Phi) is 2.24. The molecule has 1 atom stereocenters. The van der Waals surface area contributed by atoms with E-state index in [0.29, 0.717) is 6.42 Å². The van der Waals surface area contributed by atoms with Gasteiger partial charge in [-0.1, -0.05) is 27.7 Å². The molecule has 1 unspecified atom stereocenters. The Bertz CT molecular complexity index is 250. The van der Waals surface area contributed by atoms with E-state index < -0.39 is 11.6 Å². The molecule has 0 aromatic heterocycles.